The van der Waals surface area contributed by atoms with Crippen LogP contribution >= 0.6 is 0 Å². The number of para-hydroxylation sites is 1. The molecule has 3 rings (SSSR count). The Hall–Kier alpha value is -3.68. The second-order valence-corrected chi connectivity index (χ2v) is 6.18. The number of rotatable bonds is 7. The van der Waals surface area contributed by atoms with E-state index in [0.717, 1.165) is 10.9 Å². The fourth-order valence-electron chi connectivity index (χ4n) is 3.06. The van der Waals surface area contributed by atoms with Gasteiger partial charge in [-0.05, 0) is 31.5 Å². The first-order valence-corrected chi connectivity index (χ1v) is 8.96. The van der Waals surface area contributed by atoms with Crippen LogP contribution in [0.25, 0.3) is 10.9 Å². The molecule has 0 aliphatic rings. The van der Waals surface area contributed by atoms with Gasteiger partial charge in [-0.25, -0.2) is 9.78 Å². The molecule has 8 heteroatoms. The summed E-state index contributed by atoms with van der Waals surface area (Å²) in [7, 11) is 1.44. The van der Waals surface area contributed by atoms with Crippen molar-refractivity contribution in [2.24, 2.45) is 0 Å². The molecule has 0 radical (unpaired) electrons. The van der Waals surface area contributed by atoms with Crippen molar-refractivity contribution >= 4 is 22.6 Å². The van der Waals surface area contributed by atoms with E-state index in [9.17, 15) is 14.9 Å². The number of nitrogens with zero attached hydrogens (tertiary/aromatic N) is 2. The molecule has 2 aromatic carbocycles. The third kappa shape index (κ3) is 4.11. The Balaban J connectivity index is 2.04. The zero-order valence-corrected chi connectivity index (χ0v) is 16.3. The van der Waals surface area contributed by atoms with Crippen LogP contribution in [0.2, 0.25) is 0 Å². The number of methoxy groups -OCH3 is 1. The molecule has 0 saturated heterocycles. The van der Waals surface area contributed by atoms with E-state index < -0.39 is 10.9 Å². The largest absolute Gasteiger partial charge is 0.493 e. The number of benzene rings is 2. The Morgan fingerprint density at radius 3 is 2.62 bits per heavy atom. The lowest BCUT2D eigenvalue weighted by atomic mass is 10.0. The first-order valence-electron chi connectivity index (χ1n) is 8.96. The van der Waals surface area contributed by atoms with E-state index >= 15 is 0 Å². The third-order valence-corrected chi connectivity index (χ3v) is 4.43. The molecule has 3 aromatic rings. The van der Waals surface area contributed by atoms with Crippen LogP contribution in [0.1, 0.15) is 28.5 Å². The van der Waals surface area contributed by atoms with Crippen molar-refractivity contribution < 1.29 is 23.9 Å². The predicted octanol–water partition coefficient (Wildman–Crippen LogP) is 4.22. The molecule has 0 amide bonds. The number of hydrogen-bond donors (Lipinski definition) is 0. The van der Waals surface area contributed by atoms with Crippen molar-refractivity contribution in [3.05, 3.63) is 69.4 Å². The maximum atomic E-state index is 12.6. The molecule has 0 aliphatic heterocycles. The van der Waals surface area contributed by atoms with Crippen molar-refractivity contribution in [1.82, 2.24) is 4.98 Å². The number of aryl methyl sites for hydroxylation is 1. The highest BCUT2D eigenvalue weighted by Gasteiger charge is 2.21. The molecule has 29 heavy (non-hydrogen) atoms. The molecular formula is C21H20N2O6. The monoisotopic (exact) mass is 396 g/mol. The quantitative estimate of drug-likeness (QED) is 0.335. The van der Waals surface area contributed by atoms with Crippen LogP contribution in [-0.2, 0) is 11.3 Å². The lowest BCUT2D eigenvalue weighted by Gasteiger charge is -2.15. The average Bonchev–Trinajstić information content (AvgIpc) is 2.72. The summed E-state index contributed by atoms with van der Waals surface area (Å²) in [6.07, 6.45) is 0. The molecule has 0 bridgehead atoms. The topological polar surface area (TPSA) is 101 Å². The first-order chi connectivity index (χ1) is 14.0. The third-order valence-electron chi connectivity index (χ3n) is 4.43. The van der Waals surface area contributed by atoms with Gasteiger partial charge in [-0.2, -0.15) is 0 Å². The van der Waals surface area contributed by atoms with Gasteiger partial charge in [0.25, 0.3) is 5.69 Å². The van der Waals surface area contributed by atoms with E-state index in [1.54, 1.807) is 6.92 Å². The van der Waals surface area contributed by atoms with E-state index in [0.29, 0.717) is 22.5 Å². The molecular weight excluding hydrogens is 376 g/mol. The van der Waals surface area contributed by atoms with Gasteiger partial charge in [0.1, 0.15) is 6.61 Å². The van der Waals surface area contributed by atoms with Crippen LogP contribution in [0.3, 0.4) is 0 Å². The lowest BCUT2D eigenvalue weighted by molar-refractivity contribution is -0.385. The Morgan fingerprint density at radius 2 is 1.93 bits per heavy atom. The Bertz CT molecular complexity index is 1080. The smallest absolute Gasteiger partial charge is 0.340 e. The molecule has 150 valence electrons. The summed E-state index contributed by atoms with van der Waals surface area (Å²) in [6.45, 7) is 3.70. The van der Waals surface area contributed by atoms with Crippen molar-refractivity contribution in [2.45, 2.75) is 20.5 Å². The van der Waals surface area contributed by atoms with Gasteiger partial charge in [0.15, 0.2) is 11.5 Å². The van der Waals surface area contributed by atoms with Crippen LogP contribution in [0, 0.1) is 17.0 Å². The Morgan fingerprint density at radius 1 is 1.17 bits per heavy atom. The van der Waals surface area contributed by atoms with Crippen molar-refractivity contribution in [2.75, 3.05) is 13.7 Å². The fourth-order valence-corrected chi connectivity index (χ4v) is 3.06. The number of hydrogen-bond acceptors (Lipinski definition) is 7. The number of esters is 1. The summed E-state index contributed by atoms with van der Waals surface area (Å²) in [5, 5.41) is 11.9. The van der Waals surface area contributed by atoms with E-state index in [4.69, 9.17) is 14.2 Å². The van der Waals surface area contributed by atoms with Crippen LogP contribution in [0.15, 0.2) is 42.5 Å². The van der Waals surface area contributed by atoms with Gasteiger partial charge in [0, 0.05) is 11.5 Å². The SMILES string of the molecule is CCOC(=O)c1c(COc2cc([N+](=O)[O-])ccc2OC)nc2ccccc2c1C. The average molecular weight is 396 g/mol. The molecule has 0 atom stereocenters. The molecule has 0 aliphatic carbocycles. The van der Waals surface area contributed by atoms with E-state index in [-0.39, 0.29) is 24.7 Å². The highest BCUT2D eigenvalue weighted by molar-refractivity contribution is 5.98. The number of carbonyl (C=O) groups is 1. The summed E-state index contributed by atoms with van der Waals surface area (Å²) in [4.78, 5) is 27.7. The zero-order valence-electron chi connectivity index (χ0n) is 16.3. The number of non-ortho nitro benzene ring substituents is 1. The van der Waals surface area contributed by atoms with E-state index in [1.807, 2.05) is 31.2 Å². The maximum absolute atomic E-state index is 12.6. The zero-order chi connectivity index (χ0) is 21.0. The number of nitro benzene ring substituents is 1. The van der Waals surface area contributed by atoms with Crippen molar-refractivity contribution in [3.8, 4) is 11.5 Å². The van der Waals surface area contributed by atoms with Crippen LogP contribution in [-0.4, -0.2) is 29.6 Å². The van der Waals surface area contributed by atoms with Gasteiger partial charge in [-0.15, -0.1) is 0 Å². The normalized spacial score (nSPS) is 10.6. The summed E-state index contributed by atoms with van der Waals surface area (Å²) >= 11 is 0. The highest BCUT2D eigenvalue weighted by atomic mass is 16.6. The van der Waals surface area contributed by atoms with Gasteiger partial charge >= 0.3 is 5.97 Å². The van der Waals surface area contributed by atoms with Crippen LogP contribution in [0.4, 0.5) is 5.69 Å². The lowest BCUT2D eigenvalue weighted by Crippen LogP contribution is -2.14. The number of ether oxygens (including phenoxy) is 3. The minimum atomic E-state index is -0.519. The second-order valence-electron chi connectivity index (χ2n) is 6.18. The standard InChI is InChI=1S/C21H20N2O6/c1-4-28-21(24)20-13(2)15-7-5-6-8-16(15)22-17(20)12-29-19-11-14(23(25)26)9-10-18(19)27-3/h5-11H,4,12H2,1-3H3. The Labute approximate surface area is 167 Å². The molecule has 0 spiro atoms. The number of carbonyl (C=O) groups excluding carboxylic acids is 1. The Kier molecular flexibility index (Phi) is 5.92. The fraction of sp³-hybridized carbons (Fsp3) is 0.238. The van der Waals surface area contributed by atoms with Crippen LogP contribution in [0.5, 0.6) is 11.5 Å². The van der Waals surface area contributed by atoms with Gasteiger partial charge in [-0.3, -0.25) is 10.1 Å². The summed E-state index contributed by atoms with van der Waals surface area (Å²) in [6, 6.07) is 11.5. The number of nitro groups is 1. The van der Waals surface area contributed by atoms with E-state index in [2.05, 4.69) is 4.98 Å². The maximum Gasteiger partial charge on any atom is 0.340 e. The molecule has 0 fully saturated rings. The minimum absolute atomic E-state index is 0.0860. The number of aromatic nitrogens is 1. The summed E-state index contributed by atoms with van der Waals surface area (Å²) in [5.41, 5.74) is 2.03. The molecule has 0 unspecified atom stereocenters. The molecule has 0 saturated carbocycles. The predicted molar refractivity (Wildman–Crippen MR) is 106 cm³/mol. The molecule has 1 heterocycles. The first kappa shape index (κ1) is 20.1. The summed E-state index contributed by atoms with van der Waals surface area (Å²) < 4.78 is 16.2. The second kappa shape index (κ2) is 8.55. The number of fused-ring (bicyclic) bond motifs is 1. The molecule has 1 aromatic heterocycles. The van der Waals surface area contributed by atoms with Crippen LogP contribution < -0.4 is 9.47 Å². The van der Waals surface area contributed by atoms with Gasteiger partial charge in [0.05, 0.1) is 41.5 Å². The van der Waals surface area contributed by atoms with Crippen molar-refractivity contribution in [1.29, 1.82) is 0 Å². The number of pyridine rings is 1. The highest BCUT2D eigenvalue weighted by Crippen LogP contribution is 2.32. The minimum Gasteiger partial charge on any atom is -0.493 e. The van der Waals surface area contributed by atoms with E-state index in [1.165, 1.54) is 25.3 Å². The molecule has 8 nitrogen and oxygen atoms in total. The summed E-state index contributed by atoms with van der Waals surface area (Å²) in [5.74, 6) is 0.0303. The van der Waals surface area contributed by atoms with Gasteiger partial charge in [-0.1, -0.05) is 18.2 Å². The van der Waals surface area contributed by atoms with Gasteiger partial charge < -0.3 is 14.2 Å². The molecule has 0 N–H and O–H groups in total. The van der Waals surface area contributed by atoms with Gasteiger partial charge in [0.2, 0.25) is 0 Å². The van der Waals surface area contributed by atoms with Crippen molar-refractivity contribution in [3.63, 3.8) is 0 Å².